The van der Waals surface area contributed by atoms with Gasteiger partial charge in [0.05, 0.1) is 45.2 Å². The van der Waals surface area contributed by atoms with Crippen LogP contribution in [-0.4, -0.2) is 143 Å². The second-order valence-electron chi connectivity index (χ2n) is 40.9. The van der Waals surface area contributed by atoms with E-state index in [0.29, 0.717) is 126 Å². The first-order valence-electron chi connectivity index (χ1n) is 49.9. The number of Topliss-reactive ketones (excluding diaryl/α,β-unsaturated/α-hetero) is 2. The molecule has 3 aromatic carbocycles. The normalized spacial score (nSPS) is 32.5. The highest BCUT2D eigenvalue weighted by Crippen LogP contribution is 2.68. The van der Waals surface area contributed by atoms with Crippen LogP contribution in [0.1, 0.15) is 349 Å². The number of ketones is 3. The molecule has 0 amide bonds. The predicted octanol–water partition coefficient (Wildman–Crippen LogP) is 25.2. The quantitative estimate of drug-likeness (QED) is 0.0402. The Morgan fingerprint density at radius 1 is 0.463 bits per heavy atom. The highest BCUT2D eigenvalue weighted by molar-refractivity contribution is 14.1. The Morgan fingerprint density at radius 3 is 1.52 bits per heavy atom. The van der Waals surface area contributed by atoms with Gasteiger partial charge in [0.25, 0.3) is 0 Å². The Hall–Kier alpha value is -4.30. The van der Waals surface area contributed by atoms with Crippen molar-refractivity contribution in [3.05, 3.63) is 124 Å². The monoisotopic (exact) mass is 1810 g/mol. The van der Waals surface area contributed by atoms with Crippen molar-refractivity contribution in [3.8, 4) is 17.2 Å². The van der Waals surface area contributed by atoms with Crippen LogP contribution in [0, 0.1) is 81.3 Å². The molecule has 0 aromatic heterocycles. The number of phenols is 1. The number of ether oxygens (including phenoxy) is 6. The van der Waals surface area contributed by atoms with Crippen molar-refractivity contribution in [2.24, 2.45) is 81.3 Å². The maximum Gasteiger partial charge on any atom is 0.172 e. The number of carbonyl (C=O) groups excluding carboxylic acids is 3. The van der Waals surface area contributed by atoms with Crippen LogP contribution in [0.3, 0.4) is 0 Å². The molecule has 14 unspecified atom stereocenters. The summed E-state index contributed by atoms with van der Waals surface area (Å²) in [5, 5.41) is 21.4. The van der Waals surface area contributed by atoms with Crippen LogP contribution in [0.25, 0.3) is 0 Å². The number of alkyl halides is 1. The molecular formula is C108H164IN3O11. The van der Waals surface area contributed by atoms with E-state index in [4.69, 9.17) is 28.4 Å². The minimum atomic E-state index is -0.627. The summed E-state index contributed by atoms with van der Waals surface area (Å²) in [6.07, 6.45) is 44.5. The zero-order chi connectivity index (χ0) is 86.3. The molecule has 8 saturated carbocycles. The lowest BCUT2D eigenvalue weighted by Crippen LogP contribution is -2.53. The average molecular weight is 1810 g/mol. The van der Waals surface area contributed by atoms with Gasteiger partial charge in [-0.05, 0) is 345 Å². The van der Waals surface area contributed by atoms with Crippen molar-refractivity contribution >= 4 is 39.9 Å². The number of hydrogen-bond donors (Lipinski definition) is 2. The molecule has 15 heteroatoms. The predicted molar refractivity (Wildman–Crippen MR) is 506 cm³/mol. The van der Waals surface area contributed by atoms with Gasteiger partial charge in [0.1, 0.15) is 28.8 Å². The van der Waals surface area contributed by atoms with Gasteiger partial charge < -0.3 is 38.6 Å². The van der Waals surface area contributed by atoms with Gasteiger partial charge in [-0.15, -0.1) is 0 Å². The van der Waals surface area contributed by atoms with E-state index in [9.17, 15) is 24.6 Å². The van der Waals surface area contributed by atoms with Crippen LogP contribution in [0.2, 0.25) is 0 Å². The molecule has 0 radical (unpaired) electrons. The largest absolute Gasteiger partial charge is 0.508 e. The van der Waals surface area contributed by atoms with Crippen molar-refractivity contribution in [2.75, 3.05) is 65.2 Å². The van der Waals surface area contributed by atoms with E-state index in [1.54, 1.807) is 22.8 Å². The summed E-state index contributed by atoms with van der Waals surface area (Å²) in [6, 6.07) is 28.1. The van der Waals surface area contributed by atoms with Crippen LogP contribution in [0.4, 0.5) is 0 Å². The number of hydrogen-bond acceptors (Lipinski definition) is 14. The number of aromatic hydroxyl groups is 1. The minimum absolute atomic E-state index is 0. The standard InChI is InChI=1S/C36H53NO4.C35H53NO3.C21H29IO3.C15H25NO.CH4/c1-5-27(6-2)37(4)33(7-3)25-9-8-10-28(23-25)39-20-19-35-17-15-30-29-16-18-36(40-21-22-41-36)24-26(29)11-12-31(30)32(35)13-14-34(35)38;1-6-26(7-2)36(5)33(8-3)25-10-9-11-28(23-25)39-21-20-35-19-16-30-29-15-13-27(37)22-24(29)12-14-31(30)32(35)17-18-34(35,4)38;22-10-9-20-7-5-16-15-6-8-21(24-11-12-25-21)13-14(15)1-2-17(16)18(20)3-4-19(20)23;1-5-13(6-2)16(4)15(7-3)12-9-8-10-14(17)11-12;/h8-11,23,27,29-33H,5-7,12-22,24H2,1-4H3;9-11,22-23,26,29-33,38H,6-8,12-21H2,1-5H3;16-18H,1-13H2;8-11,13,15,17H,5-7H2,1-4H3;1H4/t29?,30?,31?,32?,33?,35-;29?,30?,31?,32?,33?,34-,35+;16?,17?,18?,20-;;/m101../s1. The van der Waals surface area contributed by atoms with E-state index >= 15 is 0 Å². The van der Waals surface area contributed by atoms with E-state index in [2.05, 4.69) is 188 Å². The number of nitrogens with zero attached hydrogens (tertiary/aromatic N) is 3. The number of carbonyl (C=O) groups is 3. The summed E-state index contributed by atoms with van der Waals surface area (Å²) in [7, 11) is 6.73. The molecule has 684 valence electrons. The van der Waals surface area contributed by atoms with Gasteiger partial charge in [0, 0.05) is 102 Å². The first-order chi connectivity index (χ1) is 59.0. The molecule has 2 N–H and O–H groups in total. The molecule has 2 aliphatic heterocycles. The molecule has 18 atom stereocenters. The smallest absolute Gasteiger partial charge is 0.172 e. The number of aliphatic hydroxyl groups is 1. The second kappa shape index (κ2) is 42.3. The maximum absolute atomic E-state index is 13.6. The van der Waals surface area contributed by atoms with Crippen molar-refractivity contribution < 1.29 is 53.0 Å². The number of halogens is 1. The highest BCUT2D eigenvalue weighted by atomic mass is 127. The molecule has 17 rings (SSSR count). The third-order valence-corrected chi connectivity index (χ3v) is 36.5. The molecule has 2 heterocycles. The lowest BCUT2D eigenvalue weighted by atomic mass is 9.49. The zero-order valence-corrected chi connectivity index (χ0v) is 80.0. The Balaban J connectivity index is 0.000000147. The molecule has 12 aliphatic carbocycles. The third kappa shape index (κ3) is 19.7. The number of phenolic OH excluding ortho intramolecular Hbond substituents is 1. The van der Waals surface area contributed by atoms with E-state index in [0.717, 1.165) is 208 Å². The van der Waals surface area contributed by atoms with Crippen LogP contribution in [0.5, 0.6) is 17.2 Å². The van der Waals surface area contributed by atoms with Gasteiger partial charge in [-0.2, -0.15) is 0 Å². The molecule has 2 spiro atoms. The molecule has 14 aliphatic rings. The summed E-state index contributed by atoms with van der Waals surface area (Å²) < 4.78 is 38.2. The summed E-state index contributed by atoms with van der Waals surface area (Å²) in [6.45, 7) is 26.8. The van der Waals surface area contributed by atoms with Gasteiger partial charge in [0.15, 0.2) is 17.4 Å². The third-order valence-electron chi connectivity index (χ3n) is 36.0. The van der Waals surface area contributed by atoms with Crippen molar-refractivity contribution in [1.82, 2.24) is 14.7 Å². The Morgan fingerprint density at radius 2 is 0.959 bits per heavy atom. The molecule has 0 bridgehead atoms. The number of fused-ring (bicyclic) bond motifs is 14. The topological polar surface area (TPSA) is 157 Å². The fourth-order valence-corrected chi connectivity index (χ4v) is 30.6. The lowest BCUT2D eigenvalue weighted by molar-refractivity contribution is -0.176. The van der Waals surface area contributed by atoms with Crippen LogP contribution < -0.4 is 9.47 Å². The number of benzene rings is 3. The van der Waals surface area contributed by atoms with Crippen LogP contribution in [-0.2, 0) is 33.3 Å². The van der Waals surface area contributed by atoms with E-state index < -0.39 is 5.60 Å². The van der Waals surface area contributed by atoms with Gasteiger partial charge in [0.2, 0.25) is 0 Å². The first kappa shape index (κ1) is 96.3. The van der Waals surface area contributed by atoms with Gasteiger partial charge in [-0.1, -0.05) is 157 Å². The minimum Gasteiger partial charge on any atom is -0.508 e. The van der Waals surface area contributed by atoms with Crippen molar-refractivity contribution in [3.63, 3.8) is 0 Å². The van der Waals surface area contributed by atoms with Gasteiger partial charge in [-0.3, -0.25) is 29.1 Å². The fraction of sp³-hybridized carbons (Fsp3) is 0.750. The van der Waals surface area contributed by atoms with Gasteiger partial charge in [-0.25, -0.2) is 0 Å². The van der Waals surface area contributed by atoms with Crippen LogP contribution >= 0.6 is 22.6 Å². The highest BCUT2D eigenvalue weighted by Gasteiger charge is 2.64. The van der Waals surface area contributed by atoms with E-state index in [1.807, 2.05) is 18.2 Å². The molecular weight excluding hydrogens is 1640 g/mol. The maximum atomic E-state index is 13.6. The lowest BCUT2D eigenvalue weighted by Gasteiger charge is -2.56. The van der Waals surface area contributed by atoms with Crippen LogP contribution in [0.15, 0.2) is 107 Å². The molecule has 3 aromatic rings. The summed E-state index contributed by atoms with van der Waals surface area (Å²) in [4.78, 5) is 46.0. The van der Waals surface area contributed by atoms with E-state index in [1.165, 1.54) is 106 Å². The fourth-order valence-electron chi connectivity index (χ4n) is 29.7. The SMILES string of the molecule is C.CCC(CC)N(C)C(CC)c1cccc(O)c1.CCC(CC)N(C)C(CC)c1cccc(OCC[C@]23CCC4C5CCC(=O)C=C5CCC4C2CC[C@]3(C)O)c1.CCC(CC)N(C)C(CC)c1cccc(OCC[C@]23CCC4C5CCC6(CC5=CCC4C2CCC3=O)OCCO6)c1.O=C1CCC2C3CCC4=C(CCC5(C4)OCCO5)C3CC[C@]12CCI. The molecule has 123 heavy (non-hydrogen) atoms. The molecule has 10 fully saturated rings. The number of rotatable bonds is 28. The average Bonchev–Trinajstić information content (AvgIpc) is 1.50. The zero-order valence-electron chi connectivity index (χ0n) is 77.8. The Labute approximate surface area is 758 Å². The summed E-state index contributed by atoms with van der Waals surface area (Å²) in [5.74, 6) is 10.3. The summed E-state index contributed by atoms with van der Waals surface area (Å²) in [5.41, 5.74) is 9.49. The Kier molecular flexibility index (Phi) is 33.1. The van der Waals surface area contributed by atoms with E-state index in [-0.39, 0.29) is 35.2 Å². The molecule has 14 nitrogen and oxygen atoms in total. The Bertz CT molecular complexity index is 4070. The second-order valence-corrected chi connectivity index (χ2v) is 42.0. The number of allylic oxidation sites excluding steroid dienone is 3. The van der Waals surface area contributed by atoms with Crippen molar-refractivity contribution in [2.45, 2.75) is 368 Å². The molecule has 2 saturated heterocycles. The summed E-state index contributed by atoms with van der Waals surface area (Å²) >= 11 is 2.48. The van der Waals surface area contributed by atoms with Crippen molar-refractivity contribution in [1.29, 1.82) is 0 Å². The first-order valence-corrected chi connectivity index (χ1v) is 51.4. The van der Waals surface area contributed by atoms with Gasteiger partial charge >= 0.3 is 0 Å².